The van der Waals surface area contributed by atoms with Crippen LogP contribution in [0.25, 0.3) is 0 Å². The topological polar surface area (TPSA) is 74.8 Å². The molecule has 1 N–H and O–H groups in total. The molecule has 0 atom stereocenters. The van der Waals surface area contributed by atoms with Gasteiger partial charge in [0, 0.05) is 39.0 Å². The lowest BCUT2D eigenvalue weighted by Crippen LogP contribution is -2.38. The molecule has 0 unspecified atom stereocenters. The van der Waals surface area contributed by atoms with Gasteiger partial charge in [0.2, 0.25) is 11.8 Å². The SMILES string of the molecule is CC(=O)N(CC(=O)Nc1ccccc1N1CCOCC1)Cc1cccnc1. The predicted octanol–water partition coefficient (Wildman–Crippen LogP) is 1.91. The highest BCUT2D eigenvalue weighted by Crippen LogP contribution is 2.26. The average Bonchev–Trinajstić information content (AvgIpc) is 2.69. The third kappa shape index (κ3) is 5.27. The van der Waals surface area contributed by atoms with Crippen LogP contribution in [0.3, 0.4) is 0 Å². The predicted molar refractivity (Wildman–Crippen MR) is 103 cm³/mol. The summed E-state index contributed by atoms with van der Waals surface area (Å²) in [6, 6.07) is 11.4. The molecule has 0 radical (unpaired) electrons. The maximum atomic E-state index is 12.6. The Morgan fingerprint density at radius 2 is 1.96 bits per heavy atom. The number of morpholine rings is 1. The van der Waals surface area contributed by atoms with Crippen LogP contribution in [-0.2, 0) is 20.9 Å². The zero-order chi connectivity index (χ0) is 19.1. The number of para-hydroxylation sites is 2. The van der Waals surface area contributed by atoms with Crippen LogP contribution in [0.5, 0.6) is 0 Å². The van der Waals surface area contributed by atoms with E-state index in [0.717, 1.165) is 30.0 Å². The van der Waals surface area contributed by atoms with Gasteiger partial charge >= 0.3 is 0 Å². The highest BCUT2D eigenvalue weighted by Gasteiger charge is 2.18. The molecule has 1 aromatic carbocycles. The number of ether oxygens (including phenoxy) is 1. The van der Waals surface area contributed by atoms with Crippen LogP contribution in [0.15, 0.2) is 48.8 Å². The molecule has 0 spiro atoms. The summed E-state index contributed by atoms with van der Waals surface area (Å²) < 4.78 is 5.40. The first-order chi connectivity index (χ1) is 13.1. The van der Waals surface area contributed by atoms with E-state index in [1.165, 1.54) is 11.8 Å². The van der Waals surface area contributed by atoms with E-state index in [1.54, 1.807) is 12.4 Å². The van der Waals surface area contributed by atoms with Crippen molar-refractivity contribution in [3.05, 3.63) is 54.4 Å². The lowest BCUT2D eigenvalue weighted by atomic mass is 10.2. The molecular formula is C20H24N4O3. The number of amides is 2. The third-order valence-corrected chi connectivity index (χ3v) is 4.41. The van der Waals surface area contributed by atoms with Crippen molar-refractivity contribution in [2.45, 2.75) is 13.5 Å². The summed E-state index contributed by atoms with van der Waals surface area (Å²) in [5.41, 5.74) is 2.60. The van der Waals surface area contributed by atoms with Crippen molar-refractivity contribution in [3.63, 3.8) is 0 Å². The molecule has 1 aliphatic heterocycles. The van der Waals surface area contributed by atoms with Gasteiger partial charge in [0.1, 0.15) is 6.54 Å². The van der Waals surface area contributed by atoms with Gasteiger partial charge < -0.3 is 19.9 Å². The molecular weight excluding hydrogens is 344 g/mol. The largest absolute Gasteiger partial charge is 0.378 e. The first-order valence-corrected chi connectivity index (χ1v) is 8.99. The Balaban J connectivity index is 1.66. The number of hydrogen-bond donors (Lipinski definition) is 1. The molecule has 0 bridgehead atoms. The van der Waals surface area contributed by atoms with Crippen LogP contribution in [-0.4, -0.2) is 54.5 Å². The minimum absolute atomic E-state index is 0.0122. The normalized spacial score (nSPS) is 13.9. The van der Waals surface area contributed by atoms with E-state index in [-0.39, 0.29) is 18.4 Å². The van der Waals surface area contributed by atoms with E-state index in [2.05, 4.69) is 15.2 Å². The van der Waals surface area contributed by atoms with Crippen molar-refractivity contribution in [1.82, 2.24) is 9.88 Å². The molecule has 142 valence electrons. The lowest BCUT2D eigenvalue weighted by Gasteiger charge is -2.30. The van der Waals surface area contributed by atoms with Crippen molar-refractivity contribution in [2.24, 2.45) is 0 Å². The van der Waals surface area contributed by atoms with Crippen LogP contribution in [0, 0.1) is 0 Å². The second-order valence-corrected chi connectivity index (χ2v) is 6.40. The average molecular weight is 368 g/mol. The van der Waals surface area contributed by atoms with Gasteiger partial charge in [0.15, 0.2) is 0 Å². The van der Waals surface area contributed by atoms with Gasteiger partial charge in [-0.3, -0.25) is 14.6 Å². The number of nitrogens with one attached hydrogen (secondary N) is 1. The molecule has 1 aliphatic rings. The Morgan fingerprint density at radius 1 is 1.19 bits per heavy atom. The molecule has 1 fully saturated rings. The first-order valence-electron chi connectivity index (χ1n) is 8.99. The second-order valence-electron chi connectivity index (χ2n) is 6.40. The Hall–Kier alpha value is -2.93. The van der Waals surface area contributed by atoms with E-state index in [4.69, 9.17) is 4.74 Å². The zero-order valence-electron chi connectivity index (χ0n) is 15.4. The molecule has 0 saturated carbocycles. The third-order valence-electron chi connectivity index (χ3n) is 4.41. The van der Waals surface area contributed by atoms with Crippen molar-refractivity contribution >= 4 is 23.2 Å². The van der Waals surface area contributed by atoms with Crippen LogP contribution >= 0.6 is 0 Å². The molecule has 1 aromatic heterocycles. The zero-order valence-corrected chi connectivity index (χ0v) is 15.4. The number of carbonyl (C=O) groups excluding carboxylic acids is 2. The molecule has 7 heteroatoms. The molecule has 1 saturated heterocycles. The highest BCUT2D eigenvalue weighted by atomic mass is 16.5. The minimum Gasteiger partial charge on any atom is -0.378 e. The summed E-state index contributed by atoms with van der Waals surface area (Å²) in [6.45, 7) is 4.71. The van der Waals surface area contributed by atoms with Crippen LogP contribution in [0.2, 0.25) is 0 Å². The van der Waals surface area contributed by atoms with E-state index >= 15 is 0 Å². The van der Waals surface area contributed by atoms with E-state index in [1.807, 2.05) is 36.4 Å². The van der Waals surface area contributed by atoms with Gasteiger partial charge in [-0.25, -0.2) is 0 Å². The molecule has 3 rings (SSSR count). The summed E-state index contributed by atoms with van der Waals surface area (Å²) in [5, 5.41) is 2.95. The fourth-order valence-corrected chi connectivity index (χ4v) is 3.01. The maximum absolute atomic E-state index is 12.6. The summed E-state index contributed by atoms with van der Waals surface area (Å²) >= 11 is 0. The summed E-state index contributed by atoms with van der Waals surface area (Å²) in [7, 11) is 0. The molecule has 2 aromatic rings. The summed E-state index contributed by atoms with van der Waals surface area (Å²) in [4.78, 5) is 32.3. The number of nitrogens with zero attached hydrogens (tertiary/aromatic N) is 3. The molecule has 27 heavy (non-hydrogen) atoms. The second kappa shape index (κ2) is 9.14. The van der Waals surface area contributed by atoms with Gasteiger partial charge in [-0.1, -0.05) is 18.2 Å². The van der Waals surface area contributed by atoms with Crippen LogP contribution < -0.4 is 10.2 Å². The summed E-state index contributed by atoms with van der Waals surface area (Å²) in [6.07, 6.45) is 3.37. The van der Waals surface area contributed by atoms with Crippen molar-refractivity contribution in [3.8, 4) is 0 Å². The fraction of sp³-hybridized carbons (Fsp3) is 0.350. The van der Waals surface area contributed by atoms with E-state index in [9.17, 15) is 9.59 Å². The van der Waals surface area contributed by atoms with Crippen LogP contribution in [0.4, 0.5) is 11.4 Å². The van der Waals surface area contributed by atoms with Gasteiger partial charge in [0.05, 0.1) is 24.6 Å². The summed E-state index contributed by atoms with van der Waals surface area (Å²) in [5.74, 6) is -0.384. The Bertz CT molecular complexity index is 776. The van der Waals surface area contributed by atoms with Gasteiger partial charge in [-0.15, -0.1) is 0 Å². The van der Waals surface area contributed by atoms with Gasteiger partial charge in [0.25, 0.3) is 0 Å². The highest BCUT2D eigenvalue weighted by molar-refractivity contribution is 5.97. The van der Waals surface area contributed by atoms with Crippen LogP contribution in [0.1, 0.15) is 12.5 Å². The number of pyridine rings is 1. The smallest absolute Gasteiger partial charge is 0.244 e. The molecule has 7 nitrogen and oxygen atoms in total. The standard InChI is InChI=1S/C20H24N4O3/c1-16(25)24(14-17-5-4-8-21-13-17)15-20(26)22-18-6-2-3-7-19(18)23-9-11-27-12-10-23/h2-8,13H,9-12,14-15H2,1H3,(H,22,26). The molecule has 2 heterocycles. The lowest BCUT2D eigenvalue weighted by molar-refractivity contribution is -0.133. The number of anilines is 2. The first kappa shape index (κ1) is 18.8. The quantitative estimate of drug-likeness (QED) is 0.843. The number of carbonyl (C=O) groups is 2. The van der Waals surface area contributed by atoms with E-state index in [0.29, 0.717) is 19.8 Å². The molecule has 2 amide bonds. The Labute approximate surface area is 158 Å². The maximum Gasteiger partial charge on any atom is 0.244 e. The van der Waals surface area contributed by atoms with E-state index < -0.39 is 0 Å². The Morgan fingerprint density at radius 3 is 2.67 bits per heavy atom. The Kier molecular flexibility index (Phi) is 6.38. The number of hydrogen-bond acceptors (Lipinski definition) is 5. The minimum atomic E-state index is -0.227. The van der Waals surface area contributed by atoms with Crippen molar-refractivity contribution in [2.75, 3.05) is 43.1 Å². The monoisotopic (exact) mass is 368 g/mol. The van der Waals surface area contributed by atoms with Crippen molar-refractivity contribution in [1.29, 1.82) is 0 Å². The molecule has 0 aliphatic carbocycles. The van der Waals surface area contributed by atoms with Crippen molar-refractivity contribution < 1.29 is 14.3 Å². The number of benzene rings is 1. The number of rotatable bonds is 6. The van der Waals surface area contributed by atoms with Gasteiger partial charge in [-0.05, 0) is 23.8 Å². The number of aromatic nitrogens is 1. The fourth-order valence-electron chi connectivity index (χ4n) is 3.01. The van der Waals surface area contributed by atoms with Gasteiger partial charge in [-0.2, -0.15) is 0 Å².